The Morgan fingerprint density at radius 3 is 2.73 bits per heavy atom. The molecule has 2 rings (SSSR count). The number of nitrogens with one attached hydrogen (secondary N) is 2. The van der Waals surface area contributed by atoms with Crippen LogP contribution in [-0.2, 0) is 25.7 Å². The van der Waals surface area contributed by atoms with Crippen LogP contribution in [0.5, 0.6) is 0 Å². The summed E-state index contributed by atoms with van der Waals surface area (Å²) in [4.78, 5) is 34.3. The molecule has 1 heterocycles. The molecule has 1 aliphatic heterocycles. The van der Waals surface area contributed by atoms with Gasteiger partial charge in [-0.3, -0.25) is 14.4 Å². The average molecular weight is 304 g/mol. The van der Waals surface area contributed by atoms with Crippen molar-refractivity contribution < 1.29 is 19.1 Å². The number of carbonyl (C=O) groups excluding carboxylic acids is 3. The molecule has 6 nitrogen and oxygen atoms in total. The van der Waals surface area contributed by atoms with Crippen LogP contribution in [0.1, 0.15) is 31.2 Å². The van der Waals surface area contributed by atoms with Gasteiger partial charge in [-0.25, -0.2) is 0 Å². The van der Waals surface area contributed by atoms with E-state index in [1.807, 2.05) is 30.3 Å². The minimum Gasteiger partial charge on any atom is -0.461 e. The lowest BCUT2D eigenvalue weighted by atomic mass is 10.2. The first-order valence-corrected chi connectivity index (χ1v) is 7.42. The van der Waals surface area contributed by atoms with Crippen LogP contribution in [0.25, 0.3) is 0 Å². The molecule has 0 spiro atoms. The van der Waals surface area contributed by atoms with Crippen LogP contribution in [0.15, 0.2) is 30.3 Å². The maximum Gasteiger partial charge on any atom is 0.306 e. The first-order valence-electron chi connectivity index (χ1n) is 7.42. The minimum atomic E-state index is -0.433. The molecule has 1 aromatic carbocycles. The van der Waals surface area contributed by atoms with Gasteiger partial charge in [0.1, 0.15) is 12.6 Å². The Balaban J connectivity index is 1.55. The Kier molecular flexibility index (Phi) is 5.94. The molecular formula is C16H20N2O4. The van der Waals surface area contributed by atoms with Gasteiger partial charge in [0.2, 0.25) is 11.8 Å². The lowest BCUT2D eigenvalue weighted by Crippen LogP contribution is -2.41. The number of hydrogen-bond donors (Lipinski definition) is 2. The first-order chi connectivity index (χ1) is 10.6. The van der Waals surface area contributed by atoms with Crippen molar-refractivity contribution >= 4 is 17.8 Å². The van der Waals surface area contributed by atoms with Gasteiger partial charge in [0.15, 0.2) is 0 Å². The van der Waals surface area contributed by atoms with Crippen LogP contribution in [0.2, 0.25) is 0 Å². The summed E-state index contributed by atoms with van der Waals surface area (Å²) in [5.74, 6) is -0.569. The zero-order valence-electron chi connectivity index (χ0n) is 12.3. The van der Waals surface area contributed by atoms with E-state index in [9.17, 15) is 14.4 Å². The molecule has 2 amide bonds. The molecule has 0 bridgehead atoms. The molecule has 0 aliphatic carbocycles. The fourth-order valence-electron chi connectivity index (χ4n) is 2.19. The highest BCUT2D eigenvalue weighted by atomic mass is 16.5. The van der Waals surface area contributed by atoms with Crippen LogP contribution in [-0.4, -0.2) is 30.4 Å². The van der Waals surface area contributed by atoms with Gasteiger partial charge < -0.3 is 15.4 Å². The molecule has 1 unspecified atom stereocenters. The van der Waals surface area contributed by atoms with Crippen LogP contribution in [0.3, 0.4) is 0 Å². The van der Waals surface area contributed by atoms with Crippen molar-refractivity contribution in [2.75, 3.05) is 6.54 Å². The van der Waals surface area contributed by atoms with Crippen molar-refractivity contribution in [1.82, 2.24) is 10.6 Å². The Hall–Kier alpha value is -2.37. The second-order valence-corrected chi connectivity index (χ2v) is 5.20. The van der Waals surface area contributed by atoms with Gasteiger partial charge in [-0.15, -0.1) is 0 Å². The fraction of sp³-hybridized carbons (Fsp3) is 0.438. The van der Waals surface area contributed by atoms with Gasteiger partial charge in [-0.1, -0.05) is 30.3 Å². The second kappa shape index (κ2) is 8.17. The Bertz CT molecular complexity index is 530. The first kappa shape index (κ1) is 16.0. The van der Waals surface area contributed by atoms with Crippen LogP contribution in [0, 0.1) is 0 Å². The third-order valence-corrected chi connectivity index (χ3v) is 3.41. The summed E-state index contributed by atoms with van der Waals surface area (Å²) in [6, 6.07) is 9.03. The van der Waals surface area contributed by atoms with Crippen molar-refractivity contribution in [3.8, 4) is 0 Å². The van der Waals surface area contributed by atoms with Crippen molar-refractivity contribution in [3.05, 3.63) is 35.9 Å². The summed E-state index contributed by atoms with van der Waals surface area (Å²) in [5, 5.41) is 5.31. The van der Waals surface area contributed by atoms with E-state index in [0.29, 0.717) is 25.8 Å². The van der Waals surface area contributed by atoms with Gasteiger partial charge in [-0.05, 0) is 18.4 Å². The molecule has 0 radical (unpaired) electrons. The monoisotopic (exact) mass is 304 g/mol. The predicted octanol–water partition coefficient (Wildman–Crippen LogP) is 0.905. The zero-order chi connectivity index (χ0) is 15.8. The van der Waals surface area contributed by atoms with Gasteiger partial charge in [-0.2, -0.15) is 0 Å². The highest BCUT2D eigenvalue weighted by molar-refractivity contribution is 5.90. The van der Waals surface area contributed by atoms with Crippen molar-refractivity contribution in [1.29, 1.82) is 0 Å². The molecule has 2 N–H and O–H groups in total. The molecule has 1 saturated heterocycles. The summed E-state index contributed by atoms with van der Waals surface area (Å²) >= 11 is 0. The van der Waals surface area contributed by atoms with Gasteiger partial charge in [0.25, 0.3) is 0 Å². The Labute approximate surface area is 129 Å². The molecule has 1 fully saturated rings. The maximum atomic E-state index is 11.7. The molecular weight excluding hydrogens is 284 g/mol. The number of ether oxygens (including phenoxy) is 1. The Morgan fingerprint density at radius 1 is 1.27 bits per heavy atom. The smallest absolute Gasteiger partial charge is 0.306 e. The van der Waals surface area contributed by atoms with Crippen LogP contribution >= 0.6 is 0 Å². The fourth-order valence-corrected chi connectivity index (χ4v) is 2.19. The highest BCUT2D eigenvalue weighted by Crippen LogP contribution is 2.06. The molecule has 1 aromatic rings. The van der Waals surface area contributed by atoms with Crippen molar-refractivity contribution in [3.63, 3.8) is 0 Å². The normalized spacial score (nSPS) is 16.9. The summed E-state index contributed by atoms with van der Waals surface area (Å²) < 4.78 is 5.14. The number of amides is 2. The molecule has 1 atom stereocenters. The van der Waals surface area contributed by atoms with Gasteiger partial charge in [0.05, 0.1) is 0 Å². The molecule has 22 heavy (non-hydrogen) atoms. The van der Waals surface area contributed by atoms with E-state index in [1.165, 1.54) is 0 Å². The molecule has 0 aromatic heterocycles. The van der Waals surface area contributed by atoms with E-state index < -0.39 is 6.04 Å². The average Bonchev–Trinajstić information content (AvgIpc) is 2.97. The van der Waals surface area contributed by atoms with Crippen molar-refractivity contribution in [2.24, 2.45) is 0 Å². The lowest BCUT2D eigenvalue weighted by molar-refractivity contribution is -0.145. The number of esters is 1. The molecule has 6 heteroatoms. The Morgan fingerprint density at radius 2 is 2.05 bits per heavy atom. The van der Waals surface area contributed by atoms with Gasteiger partial charge >= 0.3 is 5.97 Å². The molecule has 1 aliphatic rings. The van der Waals surface area contributed by atoms with E-state index in [2.05, 4.69) is 10.6 Å². The topological polar surface area (TPSA) is 84.5 Å². The molecule has 0 saturated carbocycles. The zero-order valence-corrected chi connectivity index (χ0v) is 12.3. The lowest BCUT2D eigenvalue weighted by Gasteiger charge is -2.10. The van der Waals surface area contributed by atoms with Crippen LogP contribution < -0.4 is 10.6 Å². The van der Waals surface area contributed by atoms with E-state index in [4.69, 9.17) is 4.74 Å². The minimum absolute atomic E-state index is 0.0929. The van der Waals surface area contributed by atoms with E-state index >= 15 is 0 Å². The summed E-state index contributed by atoms with van der Waals surface area (Å²) in [7, 11) is 0. The van der Waals surface area contributed by atoms with Crippen molar-refractivity contribution in [2.45, 2.75) is 38.3 Å². The van der Waals surface area contributed by atoms with Gasteiger partial charge in [0, 0.05) is 19.4 Å². The standard InChI is InChI=1S/C16H20N2O4/c19-14-9-8-13(18-14)16(21)17-10-4-7-15(20)22-11-12-5-2-1-3-6-12/h1-3,5-6,13H,4,7-11H2,(H,17,21)(H,18,19). The highest BCUT2D eigenvalue weighted by Gasteiger charge is 2.26. The quantitative estimate of drug-likeness (QED) is 0.579. The number of rotatable bonds is 7. The number of carbonyl (C=O) groups is 3. The second-order valence-electron chi connectivity index (χ2n) is 5.20. The third-order valence-electron chi connectivity index (χ3n) is 3.41. The van der Waals surface area contributed by atoms with E-state index in [1.54, 1.807) is 0 Å². The largest absolute Gasteiger partial charge is 0.461 e. The predicted molar refractivity (Wildman–Crippen MR) is 79.6 cm³/mol. The summed E-state index contributed by atoms with van der Waals surface area (Å²) in [6.45, 7) is 0.659. The number of benzene rings is 1. The number of hydrogen-bond acceptors (Lipinski definition) is 4. The third kappa shape index (κ3) is 5.20. The van der Waals surface area contributed by atoms with E-state index in [-0.39, 0.29) is 30.8 Å². The maximum absolute atomic E-state index is 11.7. The SMILES string of the molecule is O=C1CCC(C(=O)NCCCC(=O)OCc2ccccc2)N1. The summed E-state index contributed by atoms with van der Waals surface area (Å²) in [5.41, 5.74) is 0.945. The van der Waals surface area contributed by atoms with Crippen LogP contribution in [0.4, 0.5) is 0 Å². The molecule has 118 valence electrons. The summed E-state index contributed by atoms with van der Waals surface area (Å²) in [6.07, 6.45) is 1.69. The van der Waals surface area contributed by atoms with E-state index in [0.717, 1.165) is 5.56 Å².